The molecule has 13 heavy (non-hydrogen) atoms. The van der Waals surface area contributed by atoms with Crippen molar-refractivity contribution >= 4 is 56.6 Å². The van der Waals surface area contributed by atoms with E-state index in [1.807, 2.05) is 11.4 Å². The van der Waals surface area contributed by atoms with Gasteiger partial charge in [-0.2, -0.15) is 0 Å². The van der Waals surface area contributed by atoms with E-state index in [0.29, 0.717) is 0 Å². The van der Waals surface area contributed by atoms with Crippen molar-refractivity contribution in [1.82, 2.24) is 0 Å². The Morgan fingerprint density at radius 1 is 1.54 bits per heavy atom. The highest BCUT2D eigenvalue weighted by Crippen LogP contribution is 2.33. The first-order valence-corrected chi connectivity index (χ1v) is 6.13. The van der Waals surface area contributed by atoms with Gasteiger partial charge in [0, 0.05) is 18.6 Å². The monoisotopic (exact) mass is 322 g/mol. The number of aliphatic hydroxyl groups is 1. The Balaban J connectivity index is 2.87. The molecule has 0 atom stereocenters. The summed E-state index contributed by atoms with van der Waals surface area (Å²) in [5.41, 5.74) is 0.968. The van der Waals surface area contributed by atoms with Gasteiger partial charge >= 0.3 is 0 Å². The van der Waals surface area contributed by atoms with Gasteiger partial charge in [-0.05, 0) is 45.7 Å². The lowest BCUT2D eigenvalue weighted by atomic mass is 10.2. The highest BCUT2D eigenvalue weighted by Gasteiger charge is 2.08. The van der Waals surface area contributed by atoms with Gasteiger partial charge in [0.1, 0.15) is 0 Å². The summed E-state index contributed by atoms with van der Waals surface area (Å²) >= 11 is 8.30. The maximum absolute atomic E-state index is 9.14. The number of hydrogen-bond acceptors (Lipinski definition) is 3. The van der Waals surface area contributed by atoms with E-state index in [2.05, 4.69) is 41.3 Å². The van der Waals surface area contributed by atoms with E-state index in [9.17, 15) is 0 Å². The summed E-state index contributed by atoms with van der Waals surface area (Å²) in [6, 6.07) is 4.00. The zero-order valence-electron chi connectivity index (χ0n) is 6.62. The number of rotatable bonds is 1. The summed E-state index contributed by atoms with van der Waals surface area (Å²) < 4.78 is 2.33. The van der Waals surface area contributed by atoms with E-state index in [1.54, 1.807) is 11.3 Å². The van der Waals surface area contributed by atoms with Gasteiger partial charge in [-0.25, -0.2) is 0 Å². The first-order valence-electron chi connectivity index (χ1n) is 3.72. The fourth-order valence-corrected chi connectivity index (χ4v) is 3.26. The van der Waals surface area contributed by atoms with E-state index in [4.69, 9.17) is 5.11 Å². The van der Waals surface area contributed by atoms with Gasteiger partial charge < -0.3 is 5.11 Å². The molecule has 0 aliphatic carbocycles. The molecule has 0 aliphatic heterocycles. The minimum atomic E-state index is 0.0848. The second-order valence-electron chi connectivity index (χ2n) is 2.69. The maximum Gasteiger partial charge on any atom is 0.0696 e. The van der Waals surface area contributed by atoms with Crippen LogP contribution in [0.15, 0.2) is 22.4 Å². The Labute approximate surface area is 99.3 Å². The number of benzene rings is 1. The molecule has 4 heteroatoms. The number of aliphatic hydroxyl groups excluding tert-OH is 1. The molecule has 0 saturated heterocycles. The standard InChI is InChI=1S/C9H7IOS2/c10-8-6-1-2-13-9(6)5(4-11)3-7(8)12/h1-3,11-12H,4H2. The molecule has 0 amide bonds. The molecule has 0 bridgehead atoms. The molecule has 2 aromatic rings. The van der Waals surface area contributed by atoms with Crippen molar-refractivity contribution in [2.75, 3.05) is 0 Å². The Kier molecular flexibility index (Phi) is 2.83. The van der Waals surface area contributed by atoms with E-state index in [-0.39, 0.29) is 6.61 Å². The molecule has 0 unspecified atom stereocenters. The van der Waals surface area contributed by atoms with Gasteiger partial charge in [0.2, 0.25) is 0 Å². The lowest BCUT2D eigenvalue weighted by molar-refractivity contribution is 0.283. The van der Waals surface area contributed by atoms with Crippen molar-refractivity contribution in [3.8, 4) is 0 Å². The van der Waals surface area contributed by atoms with Crippen LogP contribution in [0.2, 0.25) is 0 Å². The van der Waals surface area contributed by atoms with E-state index >= 15 is 0 Å². The van der Waals surface area contributed by atoms with Crippen molar-refractivity contribution in [1.29, 1.82) is 0 Å². The Morgan fingerprint density at radius 2 is 2.31 bits per heavy atom. The quantitative estimate of drug-likeness (QED) is 0.610. The largest absolute Gasteiger partial charge is 0.392 e. The lowest BCUT2D eigenvalue weighted by Crippen LogP contribution is -1.86. The summed E-state index contributed by atoms with van der Waals surface area (Å²) in [6.45, 7) is 0.0848. The molecular formula is C9H7IOS2. The molecule has 0 aliphatic rings. The van der Waals surface area contributed by atoms with Gasteiger partial charge in [0.25, 0.3) is 0 Å². The molecule has 1 heterocycles. The van der Waals surface area contributed by atoms with Crippen molar-refractivity contribution < 1.29 is 5.11 Å². The predicted molar refractivity (Wildman–Crippen MR) is 67.7 cm³/mol. The van der Waals surface area contributed by atoms with Crippen LogP contribution in [0, 0.1) is 3.57 Å². The van der Waals surface area contributed by atoms with Gasteiger partial charge in [-0.1, -0.05) is 0 Å². The van der Waals surface area contributed by atoms with Crippen LogP contribution in [-0.4, -0.2) is 5.11 Å². The van der Waals surface area contributed by atoms with Crippen LogP contribution >= 0.6 is 46.6 Å². The van der Waals surface area contributed by atoms with E-state index in [0.717, 1.165) is 14.0 Å². The number of thiol groups is 1. The van der Waals surface area contributed by atoms with Gasteiger partial charge in [-0.15, -0.1) is 24.0 Å². The third-order valence-electron chi connectivity index (χ3n) is 1.90. The van der Waals surface area contributed by atoms with Crippen LogP contribution in [0.25, 0.3) is 10.1 Å². The molecule has 2 rings (SSSR count). The van der Waals surface area contributed by atoms with Crippen molar-refractivity contribution in [2.24, 2.45) is 0 Å². The van der Waals surface area contributed by atoms with Gasteiger partial charge in [0.05, 0.1) is 6.61 Å². The van der Waals surface area contributed by atoms with Crippen LogP contribution in [0.1, 0.15) is 5.56 Å². The van der Waals surface area contributed by atoms with Crippen molar-refractivity contribution in [2.45, 2.75) is 11.5 Å². The fourth-order valence-electron chi connectivity index (χ4n) is 1.28. The van der Waals surface area contributed by atoms with Crippen LogP contribution in [0.3, 0.4) is 0 Å². The van der Waals surface area contributed by atoms with Crippen LogP contribution in [0.4, 0.5) is 0 Å². The molecule has 0 saturated carbocycles. The van der Waals surface area contributed by atoms with Gasteiger partial charge in [-0.3, -0.25) is 0 Å². The lowest BCUT2D eigenvalue weighted by Gasteiger charge is -2.03. The molecule has 0 radical (unpaired) electrons. The molecular weight excluding hydrogens is 315 g/mol. The second-order valence-corrected chi connectivity index (χ2v) is 5.17. The average molecular weight is 322 g/mol. The highest BCUT2D eigenvalue weighted by molar-refractivity contribution is 14.1. The predicted octanol–water partition coefficient (Wildman–Crippen LogP) is 3.29. The first kappa shape index (κ1) is 9.76. The normalized spacial score (nSPS) is 11.0. The summed E-state index contributed by atoms with van der Waals surface area (Å²) in [7, 11) is 0. The summed E-state index contributed by atoms with van der Waals surface area (Å²) in [5, 5.41) is 12.4. The molecule has 1 aromatic carbocycles. The summed E-state index contributed by atoms with van der Waals surface area (Å²) in [6.07, 6.45) is 0. The number of hydrogen-bond donors (Lipinski definition) is 2. The summed E-state index contributed by atoms with van der Waals surface area (Å²) in [5.74, 6) is 0. The van der Waals surface area contributed by atoms with Crippen LogP contribution in [-0.2, 0) is 6.61 Å². The van der Waals surface area contributed by atoms with Crippen LogP contribution in [0.5, 0.6) is 0 Å². The smallest absolute Gasteiger partial charge is 0.0696 e. The number of thiophene rings is 1. The second kappa shape index (κ2) is 3.76. The van der Waals surface area contributed by atoms with Gasteiger partial charge in [0.15, 0.2) is 0 Å². The third kappa shape index (κ3) is 1.60. The number of fused-ring (bicyclic) bond motifs is 1. The molecule has 0 spiro atoms. The Bertz CT molecular complexity index is 450. The minimum absolute atomic E-state index is 0.0848. The maximum atomic E-state index is 9.14. The molecule has 0 fully saturated rings. The third-order valence-corrected chi connectivity index (χ3v) is 4.83. The van der Waals surface area contributed by atoms with Crippen LogP contribution < -0.4 is 0 Å². The van der Waals surface area contributed by atoms with E-state index < -0.39 is 0 Å². The number of halogens is 1. The summed E-state index contributed by atoms with van der Waals surface area (Å²) in [4.78, 5) is 0.940. The van der Waals surface area contributed by atoms with Crippen molar-refractivity contribution in [3.05, 3.63) is 26.6 Å². The fraction of sp³-hybridized carbons (Fsp3) is 0.111. The zero-order valence-corrected chi connectivity index (χ0v) is 10.5. The highest BCUT2D eigenvalue weighted by atomic mass is 127. The Morgan fingerprint density at radius 3 is 3.00 bits per heavy atom. The topological polar surface area (TPSA) is 20.2 Å². The first-order chi connectivity index (χ1) is 6.24. The minimum Gasteiger partial charge on any atom is -0.392 e. The zero-order chi connectivity index (χ0) is 9.42. The molecule has 1 N–H and O–H groups in total. The molecule has 1 aromatic heterocycles. The average Bonchev–Trinajstić information content (AvgIpc) is 2.60. The Hall–Kier alpha value is 0.220. The van der Waals surface area contributed by atoms with E-state index in [1.165, 1.54) is 10.1 Å². The SMILES string of the molecule is OCc1cc(S)c(I)c2ccsc12. The molecule has 1 nitrogen and oxygen atoms in total. The van der Waals surface area contributed by atoms with Crippen molar-refractivity contribution in [3.63, 3.8) is 0 Å². The molecule has 68 valence electrons.